The number of rotatable bonds is 5. The molecule has 0 atom stereocenters. The first-order chi connectivity index (χ1) is 12.5. The van der Waals surface area contributed by atoms with Gasteiger partial charge in [-0.3, -0.25) is 10.1 Å². The smallest absolute Gasteiger partial charge is 0.345 e. The van der Waals surface area contributed by atoms with E-state index in [0.29, 0.717) is 11.4 Å². The van der Waals surface area contributed by atoms with Gasteiger partial charge in [-0.15, -0.1) is 0 Å². The molecule has 1 heterocycles. The van der Waals surface area contributed by atoms with E-state index < -0.39 is 10.9 Å². The van der Waals surface area contributed by atoms with Crippen molar-refractivity contribution in [3.8, 4) is 11.4 Å². The first kappa shape index (κ1) is 17.3. The van der Waals surface area contributed by atoms with Crippen LogP contribution in [0.1, 0.15) is 27.4 Å². The Bertz CT molecular complexity index is 980. The van der Waals surface area contributed by atoms with Gasteiger partial charge in [0.25, 0.3) is 11.6 Å². The van der Waals surface area contributed by atoms with Crippen LogP contribution in [-0.2, 0) is 11.3 Å². The molecule has 3 rings (SSSR count). The van der Waals surface area contributed by atoms with Crippen molar-refractivity contribution >= 4 is 11.7 Å². The number of aryl methyl sites for hydroxylation is 2. The first-order valence-corrected chi connectivity index (χ1v) is 7.77. The third-order valence-electron chi connectivity index (χ3n) is 3.82. The molecule has 0 aliphatic rings. The van der Waals surface area contributed by atoms with E-state index in [1.807, 2.05) is 31.2 Å². The number of nitro benzene ring substituents is 1. The number of hydrogen-bond acceptors (Lipinski definition) is 7. The number of aromatic nitrogens is 2. The van der Waals surface area contributed by atoms with Crippen LogP contribution in [0.25, 0.3) is 11.4 Å². The molecule has 0 fully saturated rings. The molecule has 0 saturated carbocycles. The van der Waals surface area contributed by atoms with E-state index in [1.165, 1.54) is 6.07 Å². The quantitative estimate of drug-likeness (QED) is 0.391. The van der Waals surface area contributed by atoms with Crippen molar-refractivity contribution in [3.05, 3.63) is 75.2 Å². The second kappa shape index (κ2) is 7.14. The van der Waals surface area contributed by atoms with Gasteiger partial charge in [0.05, 0.1) is 4.92 Å². The highest BCUT2D eigenvalue weighted by atomic mass is 16.6. The van der Waals surface area contributed by atoms with Gasteiger partial charge < -0.3 is 9.26 Å². The van der Waals surface area contributed by atoms with Crippen LogP contribution in [0.3, 0.4) is 0 Å². The van der Waals surface area contributed by atoms with Crippen LogP contribution in [0, 0.1) is 24.0 Å². The number of carbonyl (C=O) groups is 1. The maximum absolute atomic E-state index is 12.2. The molecule has 0 unspecified atom stereocenters. The van der Waals surface area contributed by atoms with Crippen LogP contribution in [-0.4, -0.2) is 21.0 Å². The van der Waals surface area contributed by atoms with E-state index in [9.17, 15) is 14.9 Å². The largest absolute Gasteiger partial charge is 0.452 e. The summed E-state index contributed by atoms with van der Waals surface area (Å²) < 4.78 is 10.2. The Morgan fingerprint density at radius 1 is 1.15 bits per heavy atom. The van der Waals surface area contributed by atoms with E-state index in [-0.39, 0.29) is 23.7 Å². The Labute approximate surface area is 148 Å². The third kappa shape index (κ3) is 3.44. The number of benzene rings is 2. The lowest BCUT2D eigenvalue weighted by molar-refractivity contribution is -0.385. The van der Waals surface area contributed by atoms with Crippen molar-refractivity contribution < 1.29 is 19.0 Å². The summed E-state index contributed by atoms with van der Waals surface area (Å²) in [7, 11) is 0. The number of nitro groups is 1. The minimum atomic E-state index is -0.823. The van der Waals surface area contributed by atoms with Gasteiger partial charge in [-0.05, 0) is 25.5 Å². The van der Waals surface area contributed by atoms with Crippen molar-refractivity contribution in [2.45, 2.75) is 20.5 Å². The topological polar surface area (TPSA) is 108 Å². The highest BCUT2D eigenvalue weighted by Crippen LogP contribution is 2.24. The molecule has 0 bridgehead atoms. The molecule has 26 heavy (non-hydrogen) atoms. The Hall–Kier alpha value is -3.55. The molecule has 0 radical (unpaired) electrons. The average Bonchev–Trinajstić information content (AvgIpc) is 3.08. The molecule has 0 aliphatic carbocycles. The molecule has 0 saturated heterocycles. The number of carbonyl (C=O) groups excluding carboxylic acids is 1. The zero-order valence-electron chi connectivity index (χ0n) is 14.1. The van der Waals surface area contributed by atoms with Crippen LogP contribution in [0.15, 0.2) is 47.0 Å². The zero-order valence-corrected chi connectivity index (χ0v) is 14.1. The molecule has 1 aromatic heterocycles. The standard InChI is InChI=1S/C18H15N3O5/c1-11-6-3-4-8-13(11)17-19-15(26-20-17)10-25-18(22)14-9-5-7-12(2)16(14)21(23)24/h3-9H,10H2,1-2H3. The van der Waals surface area contributed by atoms with Crippen molar-refractivity contribution in [1.82, 2.24) is 10.1 Å². The van der Waals surface area contributed by atoms with Crippen molar-refractivity contribution in [2.75, 3.05) is 0 Å². The molecule has 2 aromatic carbocycles. The normalized spacial score (nSPS) is 10.5. The predicted molar refractivity (Wildman–Crippen MR) is 91.4 cm³/mol. The Kier molecular flexibility index (Phi) is 4.74. The first-order valence-electron chi connectivity index (χ1n) is 7.77. The summed E-state index contributed by atoms with van der Waals surface area (Å²) in [4.78, 5) is 27.0. The molecule has 0 N–H and O–H groups in total. The fourth-order valence-electron chi connectivity index (χ4n) is 2.52. The zero-order chi connectivity index (χ0) is 18.7. The molecular weight excluding hydrogens is 338 g/mol. The summed E-state index contributed by atoms with van der Waals surface area (Å²) in [5.74, 6) is -0.335. The van der Waals surface area contributed by atoms with E-state index in [0.717, 1.165) is 11.1 Å². The lowest BCUT2D eigenvalue weighted by Gasteiger charge is -2.04. The van der Waals surface area contributed by atoms with E-state index in [4.69, 9.17) is 9.26 Å². The Morgan fingerprint density at radius 2 is 1.88 bits per heavy atom. The van der Waals surface area contributed by atoms with Gasteiger partial charge >= 0.3 is 5.97 Å². The highest BCUT2D eigenvalue weighted by Gasteiger charge is 2.24. The minimum absolute atomic E-state index is 0.104. The molecule has 0 amide bonds. The van der Waals surface area contributed by atoms with Crippen LogP contribution >= 0.6 is 0 Å². The van der Waals surface area contributed by atoms with Gasteiger partial charge in [-0.25, -0.2) is 4.79 Å². The number of hydrogen-bond donors (Lipinski definition) is 0. The van der Waals surface area contributed by atoms with E-state index in [1.54, 1.807) is 19.1 Å². The maximum Gasteiger partial charge on any atom is 0.345 e. The summed E-state index contributed by atoms with van der Waals surface area (Å²) in [6, 6.07) is 12.0. The average molecular weight is 353 g/mol. The highest BCUT2D eigenvalue weighted by molar-refractivity contribution is 5.94. The monoisotopic (exact) mass is 353 g/mol. The minimum Gasteiger partial charge on any atom is -0.452 e. The summed E-state index contributed by atoms with van der Waals surface area (Å²) in [5, 5.41) is 15.0. The van der Waals surface area contributed by atoms with Gasteiger partial charge in [-0.1, -0.05) is 41.6 Å². The molecule has 0 spiro atoms. The molecule has 8 heteroatoms. The molecular formula is C18H15N3O5. The summed E-state index contributed by atoms with van der Waals surface area (Å²) in [5.41, 5.74) is 1.77. The molecule has 0 aliphatic heterocycles. The van der Waals surface area contributed by atoms with Gasteiger partial charge in [0.15, 0.2) is 6.61 Å². The van der Waals surface area contributed by atoms with Gasteiger partial charge in [0, 0.05) is 11.1 Å². The van der Waals surface area contributed by atoms with Gasteiger partial charge in [0.1, 0.15) is 5.56 Å². The van der Waals surface area contributed by atoms with Gasteiger partial charge in [-0.2, -0.15) is 4.98 Å². The number of para-hydroxylation sites is 1. The molecule has 8 nitrogen and oxygen atoms in total. The van der Waals surface area contributed by atoms with Crippen LogP contribution in [0.4, 0.5) is 5.69 Å². The van der Waals surface area contributed by atoms with Crippen molar-refractivity contribution in [3.63, 3.8) is 0 Å². The second-order valence-electron chi connectivity index (χ2n) is 5.63. The predicted octanol–water partition coefficient (Wildman–Crippen LogP) is 3.62. The Balaban J connectivity index is 1.75. The number of ether oxygens (including phenoxy) is 1. The van der Waals surface area contributed by atoms with Crippen molar-refractivity contribution in [1.29, 1.82) is 0 Å². The van der Waals surface area contributed by atoms with Crippen LogP contribution < -0.4 is 0 Å². The number of esters is 1. The van der Waals surface area contributed by atoms with Crippen molar-refractivity contribution in [2.24, 2.45) is 0 Å². The van der Waals surface area contributed by atoms with Crippen LogP contribution in [0.5, 0.6) is 0 Å². The van der Waals surface area contributed by atoms with Gasteiger partial charge in [0.2, 0.25) is 5.82 Å². The van der Waals surface area contributed by atoms with E-state index in [2.05, 4.69) is 10.1 Å². The molecule has 3 aromatic rings. The lowest BCUT2D eigenvalue weighted by Crippen LogP contribution is -2.09. The fourth-order valence-corrected chi connectivity index (χ4v) is 2.52. The lowest BCUT2D eigenvalue weighted by atomic mass is 10.1. The SMILES string of the molecule is Cc1ccccc1-c1noc(COC(=O)c2cccc(C)c2[N+](=O)[O-])n1. The molecule has 132 valence electrons. The second-order valence-corrected chi connectivity index (χ2v) is 5.63. The number of nitrogens with zero attached hydrogens (tertiary/aromatic N) is 3. The fraction of sp³-hybridized carbons (Fsp3) is 0.167. The third-order valence-corrected chi connectivity index (χ3v) is 3.82. The summed E-state index contributed by atoms with van der Waals surface area (Å²) >= 11 is 0. The van der Waals surface area contributed by atoms with Crippen LogP contribution in [0.2, 0.25) is 0 Å². The maximum atomic E-state index is 12.2. The van der Waals surface area contributed by atoms with E-state index >= 15 is 0 Å². The summed E-state index contributed by atoms with van der Waals surface area (Å²) in [6.07, 6.45) is 0. The summed E-state index contributed by atoms with van der Waals surface area (Å²) in [6.45, 7) is 3.20. The Morgan fingerprint density at radius 3 is 2.62 bits per heavy atom.